The van der Waals surface area contributed by atoms with Crippen LogP contribution in [0.2, 0.25) is 0 Å². The van der Waals surface area contributed by atoms with E-state index in [-0.39, 0.29) is 0 Å². The summed E-state index contributed by atoms with van der Waals surface area (Å²) >= 11 is 0. The molecule has 0 unspecified atom stereocenters. The maximum atomic E-state index is 5.41. The summed E-state index contributed by atoms with van der Waals surface area (Å²) < 4.78 is 10.7. The van der Waals surface area contributed by atoms with E-state index in [1.165, 1.54) is 0 Å². The van der Waals surface area contributed by atoms with E-state index in [1.807, 2.05) is 13.1 Å². The number of hydrogen-bond acceptors (Lipinski definition) is 3. The summed E-state index contributed by atoms with van der Waals surface area (Å²) in [5.74, 6) is 2.11. The topological polar surface area (TPSA) is 31.4 Å². The molecule has 0 N–H and O–H groups in total. The van der Waals surface area contributed by atoms with Crippen LogP contribution in [0.25, 0.3) is 0 Å². The van der Waals surface area contributed by atoms with Crippen LogP contribution in [0.5, 0.6) is 11.5 Å². The molecule has 70 valence electrons. The van der Waals surface area contributed by atoms with E-state index in [4.69, 9.17) is 9.47 Å². The van der Waals surface area contributed by atoms with Gasteiger partial charge in [0.2, 0.25) is 6.79 Å². The van der Waals surface area contributed by atoms with Crippen LogP contribution in [0, 0.1) is 6.92 Å². The van der Waals surface area contributed by atoms with Crippen LogP contribution in [-0.4, -0.2) is 11.8 Å². The van der Waals surface area contributed by atoms with Gasteiger partial charge < -0.3 is 9.47 Å². The standard InChI is InChI=1S/C10H13NO2/c1-6(2)8-4-11-7(3)9-10(8)13-5-12-9/h4,6H,5H2,1-3H3. The second-order valence-corrected chi connectivity index (χ2v) is 3.52. The van der Waals surface area contributed by atoms with Crippen molar-refractivity contribution in [2.45, 2.75) is 26.7 Å². The van der Waals surface area contributed by atoms with Crippen LogP contribution >= 0.6 is 0 Å². The zero-order valence-electron chi connectivity index (χ0n) is 8.13. The van der Waals surface area contributed by atoms with Gasteiger partial charge in [0, 0.05) is 11.8 Å². The lowest BCUT2D eigenvalue weighted by atomic mass is 10.0. The van der Waals surface area contributed by atoms with Crippen LogP contribution < -0.4 is 9.47 Å². The Bertz CT molecular complexity index is 334. The van der Waals surface area contributed by atoms with Gasteiger partial charge in [-0.2, -0.15) is 0 Å². The fourth-order valence-corrected chi connectivity index (χ4v) is 1.46. The zero-order chi connectivity index (χ0) is 9.42. The fourth-order valence-electron chi connectivity index (χ4n) is 1.46. The van der Waals surface area contributed by atoms with Crippen LogP contribution in [0.15, 0.2) is 6.20 Å². The molecular weight excluding hydrogens is 166 g/mol. The second kappa shape index (κ2) is 2.91. The van der Waals surface area contributed by atoms with Gasteiger partial charge in [-0.15, -0.1) is 0 Å². The third kappa shape index (κ3) is 1.24. The van der Waals surface area contributed by atoms with Crippen LogP contribution in [-0.2, 0) is 0 Å². The predicted octanol–water partition coefficient (Wildman–Crippen LogP) is 2.24. The van der Waals surface area contributed by atoms with Crippen molar-refractivity contribution in [2.75, 3.05) is 6.79 Å². The van der Waals surface area contributed by atoms with Gasteiger partial charge in [0.1, 0.15) is 0 Å². The molecule has 0 atom stereocenters. The van der Waals surface area contributed by atoms with Crippen molar-refractivity contribution in [1.29, 1.82) is 0 Å². The molecule has 1 aromatic rings. The van der Waals surface area contributed by atoms with E-state index in [2.05, 4.69) is 18.8 Å². The normalized spacial score (nSPS) is 13.8. The molecule has 3 nitrogen and oxygen atoms in total. The molecule has 0 aliphatic carbocycles. The molecule has 1 aliphatic heterocycles. The Balaban J connectivity index is 2.56. The minimum atomic E-state index is 0.321. The number of fused-ring (bicyclic) bond motifs is 1. The summed E-state index contributed by atoms with van der Waals surface area (Å²) in [6.45, 7) is 6.49. The molecule has 0 spiro atoms. The van der Waals surface area contributed by atoms with E-state index < -0.39 is 0 Å². The third-order valence-electron chi connectivity index (χ3n) is 2.22. The molecule has 0 aromatic carbocycles. The van der Waals surface area contributed by atoms with E-state index in [9.17, 15) is 0 Å². The third-order valence-corrected chi connectivity index (χ3v) is 2.22. The monoisotopic (exact) mass is 179 g/mol. The van der Waals surface area contributed by atoms with Gasteiger partial charge in [-0.3, -0.25) is 4.98 Å². The Morgan fingerprint density at radius 1 is 1.31 bits per heavy atom. The summed E-state index contributed by atoms with van der Waals surface area (Å²) in [4.78, 5) is 4.27. The first-order valence-electron chi connectivity index (χ1n) is 4.45. The Morgan fingerprint density at radius 2 is 2.00 bits per heavy atom. The lowest BCUT2D eigenvalue weighted by molar-refractivity contribution is 0.172. The average Bonchev–Trinajstić information content (AvgIpc) is 2.53. The lowest BCUT2D eigenvalue weighted by Gasteiger charge is -2.09. The smallest absolute Gasteiger partial charge is 0.231 e. The first-order valence-corrected chi connectivity index (χ1v) is 4.45. The minimum Gasteiger partial charge on any atom is -0.453 e. The summed E-state index contributed by atoms with van der Waals surface area (Å²) in [5, 5.41) is 0. The number of hydrogen-bond donors (Lipinski definition) is 0. The first kappa shape index (κ1) is 8.35. The van der Waals surface area contributed by atoms with Gasteiger partial charge in [-0.1, -0.05) is 13.8 Å². The SMILES string of the molecule is Cc1ncc(C(C)C)c2c1OCO2. The predicted molar refractivity (Wildman–Crippen MR) is 49.2 cm³/mol. The Hall–Kier alpha value is -1.25. The summed E-state index contributed by atoms with van der Waals surface area (Å²) in [7, 11) is 0. The van der Waals surface area contributed by atoms with E-state index in [1.54, 1.807) is 0 Å². The zero-order valence-corrected chi connectivity index (χ0v) is 8.13. The number of nitrogens with zero attached hydrogens (tertiary/aromatic N) is 1. The summed E-state index contributed by atoms with van der Waals surface area (Å²) in [5.41, 5.74) is 2.02. The van der Waals surface area contributed by atoms with Crippen molar-refractivity contribution in [3.8, 4) is 11.5 Å². The highest BCUT2D eigenvalue weighted by Crippen LogP contribution is 2.40. The van der Waals surface area contributed by atoms with Crippen molar-refractivity contribution in [3.63, 3.8) is 0 Å². The van der Waals surface area contributed by atoms with Gasteiger partial charge in [0.25, 0.3) is 0 Å². The molecule has 13 heavy (non-hydrogen) atoms. The van der Waals surface area contributed by atoms with Crippen LogP contribution in [0.4, 0.5) is 0 Å². The van der Waals surface area contributed by atoms with Crippen LogP contribution in [0.1, 0.15) is 31.0 Å². The largest absolute Gasteiger partial charge is 0.453 e. The molecule has 0 radical (unpaired) electrons. The van der Waals surface area contributed by atoms with Crippen molar-refractivity contribution in [2.24, 2.45) is 0 Å². The summed E-state index contributed by atoms with van der Waals surface area (Å²) in [6, 6.07) is 0. The van der Waals surface area contributed by atoms with Crippen molar-refractivity contribution >= 4 is 0 Å². The summed E-state index contributed by atoms with van der Waals surface area (Å²) in [6.07, 6.45) is 1.87. The maximum absolute atomic E-state index is 5.41. The Labute approximate surface area is 77.7 Å². The second-order valence-electron chi connectivity index (χ2n) is 3.52. The number of aromatic nitrogens is 1. The molecule has 2 rings (SSSR count). The van der Waals surface area contributed by atoms with Crippen molar-refractivity contribution in [3.05, 3.63) is 17.5 Å². The minimum absolute atomic E-state index is 0.321. The molecule has 2 heterocycles. The highest BCUT2D eigenvalue weighted by Gasteiger charge is 2.22. The molecule has 0 amide bonds. The Morgan fingerprint density at radius 3 is 2.69 bits per heavy atom. The molecule has 0 bridgehead atoms. The number of aryl methyl sites for hydroxylation is 1. The lowest BCUT2D eigenvalue weighted by Crippen LogP contribution is -1.95. The molecule has 1 aliphatic rings. The van der Waals surface area contributed by atoms with E-state index in [0.717, 1.165) is 22.8 Å². The molecule has 1 aromatic heterocycles. The average molecular weight is 179 g/mol. The van der Waals surface area contributed by atoms with Gasteiger partial charge in [-0.25, -0.2) is 0 Å². The highest BCUT2D eigenvalue weighted by atomic mass is 16.7. The van der Waals surface area contributed by atoms with Crippen molar-refractivity contribution in [1.82, 2.24) is 4.98 Å². The first-order chi connectivity index (χ1) is 6.20. The van der Waals surface area contributed by atoms with Gasteiger partial charge in [-0.05, 0) is 12.8 Å². The molecule has 0 saturated heterocycles. The van der Waals surface area contributed by atoms with Gasteiger partial charge >= 0.3 is 0 Å². The number of ether oxygens (including phenoxy) is 2. The van der Waals surface area contributed by atoms with Gasteiger partial charge in [0.15, 0.2) is 11.5 Å². The fraction of sp³-hybridized carbons (Fsp3) is 0.500. The highest BCUT2D eigenvalue weighted by molar-refractivity contribution is 5.50. The van der Waals surface area contributed by atoms with E-state index >= 15 is 0 Å². The number of rotatable bonds is 1. The van der Waals surface area contributed by atoms with Crippen molar-refractivity contribution < 1.29 is 9.47 Å². The Kier molecular flexibility index (Phi) is 1.87. The van der Waals surface area contributed by atoms with Gasteiger partial charge in [0.05, 0.1) is 5.69 Å². The molecule has 0 saturated carbocycles. The quantitative estimate of drug-likeness (QED) is 0.662. The molecular formula is C10H13NO2. The van der Waals surface area contributed by atoms with E-state index in [0.29, 0.717) is 12.7 Å². The maximum Gasteiger partial charge on any atom is 0.231 e. The van der Waals surface area contributed by atoms with Crippen LogP contribution in [0.3, 0.4) is 0 Å². The molecule has 3 heteroatoms. The number of pyridine rings is 1. The molecule has 0 fully saturated rings.